The molecule has 1 aliphatic rings. The summed E-state index contributed by atoms with van der Waals surface area (Å²) in [4.78, 5) is 40.8. The molecule has 1 aromatic carbocycles. The normalized spacial score (nSPS) is 16.1. The molecule has 0 amide bonds. The Bertz CT molecular complexity index is 999. The number of carbonyl (C=O) groups is 1. The van der Waals surface area contributed by atoms with Gasteiger partial charge in [-0.3, -0.25) is 18.7 Å². The fourth-order valence-corrected chi connectivity index (χ4v) is 2.95. The second kappa shape index (κ2) is 6.04. The van der Waals surface area contributed by atoms with Gasteiger partial charge in [0.1, 0.15) is 11.6 Å². The van der Waals surface area contributed by atoms with Gasteiger partial charge in [0.05, 0.1) is 24.3 Å². The van der Waals surface area contributed by atoms with Crippen LogP contribution in [0.25, 0.3) is 0 Å². The van der Waals surface area contributed by atoms with E-state index in [4.69, 9.17) is 4.74 Å². The summed E-state index contributed by atoms with van der Waals surface area (Å²) in [5.74, 6) is -1.43. The lowest BCUT2D eigenvalue weighted by Crippen LogP contribution is -2.42. The topological polar surface area (TPSA) is 103 Å². The maximum absolute atomic E-state index is 12.4. The minimum Gasteiger partial charge on any atom is -0.497 e. The largest absolute Gasteiger partial charge is 0.497 e. The SMILES string of the molecule is COc1ccc(C2=Nc3c(c(=O)n(C)c(=O)n3C)C(C(=O)O)C2)cc1. The van der Waals surface area contributed by atoms with E-state index in [2.05, 4.69) is 4.99 Å². The summed E-state index contributed by atoms with van der Waals surface area (Å²) in [7, 11) is 4.35. The first-order valence-corrected chi connectivity index (χ1v) is 7.59. The smallest absolute Gasteiger partial charge is 0.332 e. The Hall–Kier alpha value is -3.16. The number of aliphatic imine (C=N–C) groups is 1. The fourth-order valence-electron chi connectivity index (χ4n) is 2.95. The predicted molar refractivity (Wildman–Crippen MR) is 91.1 cm³/mol. The van der Waals surface area contributed by atoms with Crippen molar-refractivity contribution in [3.05, 3.63) is 56.2 Å². The minimum atomic E-state index is -1.13. The number of carboxylic acid groups (broad SMARTS) is 1. The van der Waals surface area contributed by atoms with Crippen LogP contribution in [0.5, 0.6) is 5.75 Å². The standard InChI is InChI=1S/C17H17N3O5/c1-19-14-13(15(21)20(2)17(19)24)11(16(22)23)8-12(18-14)9-4-6-10(25-3)7-5-9/h4-7,11H,8H2,1-3H3,(H,22,23). The van der Waals surface area contributed by atoms with E-state index in [-0.39, 0.29) is 17.8 Å². The van der Waals surface area contributed by atoms with E-state index in [1.165, 1.54) is 18.7 Å². The van der Waals surface area contributed by atoms with E-state index in [9.17, 15) is 19.5 Å². The van der Waals surface area contributed by atoms with Crippen molar-refractivity contribution in [2.45, 2.75) is 12.3 Å². The van der Waals surface area contributed by atoms with Crippen molar-refractivity contribution >= 4 is 17.5 Å². The highest BCUT2D eigenvalue weighted by atomic mass is 16.5. The molecule has 0 bridgehead atoms. The van der Waals surface area contributed by atoms with Crippen molar-refractivity contribution in [3.8, 4) is 5.75 Å². The lowest BCUT2D eigenvalue weighted by Gasteiger charge is -2.23. The van der Waals surface area contributed by atoms with E-state index in [0.29, 0.717) is 17.0 Å². The Labute approximate surface area is 142 Å². The third kappa shape index (κ3) is 2.65. The molecule has 1 unspecified atom stereocenters. The number of hydrogen-bond donors (Lipinski definition) is 1. The number of carboxylic acids is 1. The number of ether oxygens (including phenoxy) is 1. The number of benzene rings is 1. The second-order valence-corrected chi connectivity index (χ2v) is 5.82. The zero-order valence-corrected chi connectivity index (χ0v) is 14.0. The first-order chi connectivity index (χ1) is 11.8. The molecule has 0 radical (unpaired) electrons. The molecular formula is C17H17N3O5. The maximum Gasteiger partial charge on any atom is 0.332 e. The van der Waals surface area contributed by atoms with Crippen molar-refractivity contribution < 1.29 is 14.6 Å². The summed E-state index contributed by atoms with van der Waals surface area (Å²) in [6, 6.07) is 7.01. The monoisotopic (exact) mass is 343 g/mol. The van der Waals surface area contributed by atoms with Gasteiger partial charge in [-0.1, -0.05) is 0 Å². The first-order valence-electron chi connectivity index (χ1n) is 7.59. The van der Waals surface area contributed by atoms with Gasteiger partial charge in [-0.15, -0.1) is 0 Å². The van der Waals surface area contributed by atoms with Crippen molar-refractivity contribution in [1.82, 2.24) is 9.13 Å². The van der Waals surface area contributed by atoms with Gasteiger partial charge >= 0.3 is 11.7 Å². The fraction of sp³-hybridized carbons (Fsp3) is 0.294. The highest BCUT2D eigenvalue weighted by Gasteiger charge is 2.34. The number of nitrogens with zero attached hydrogens (tertiary/aromatic N) is 3. The average Bonchev–Trinajstić information content (AvgIpc) is 2.63. The molecule has 0 fully saturated rings. The maximum atomic E-state index is 12.4. The second-order valence-electron chi connectivity index (χ2n) is 5.82. The molecule has 1 N–H and O–H groups in total. The number of rotatable bonds is 3. The molecule has 0 saturated carbocycles. The van der Waals surface area contributed by atoms with Crippen LogP contribution >= 0.6 is 0 Å². The van der Waals surface area contributed by atoms with Gasteiger partial charge in [-0.05, 0) is 29.8 Å². The van der Waals surface area contributed by atoms with E-state index < -0.39 is 23.1 Å². The third-order valence-electron chi connectivity index (χ3n) is 4.38. The summed E-state index contributed by atoms with van der Waals surface area (Å²) in [6.45, 7) is 0. The Morgan fingerprint density at radius 3 is 2.40 bits per heavy atom. The summed E-state index contributed by atoms with van der Waals surface area (Å²) in [5.41, 5.74) is 0.0849. The summed E-state index contributed by atoms with van der Waals surface area (Å²) < 4.78 is 7.22. The molecule has 3 rings (SSSR count). The van der Waals surface area contributed by atoms with Crippen LogP contribution in [0.15, 0.2) is 38.8 Å². The Morgan fingerprint density at radius 2 is 1.84 bits per heavy atom. The van der Waals surface area contributed by atoms with Gasteiger partial charge in [0.25, 0.3) is 5.56 Å². The molecule has 1 aliphatic heterocycles. The highest BCUT2D eigenvalue weighted by Crippen LogP contribution is 2.33. The van der Waals surface area contributed by atoms with Crippen LogP contribution in [0, 0.1) is 0 Å². The van der Waals surface area contributed by atoms with Crippen LogP contribution in [0.4, 0.5) is 5.82 Å². The number of fused-ring (bicyclic) bond motifs is 1. The molecule has 25 heavy (non-hydrogen) atoms. The van der Waals surface area contributed by atoms with Gasteiger partial charge in [0.2, 0.25) is 0 Å². The summed E-state index contributed by atoms with van der Waals surface area (Å²) in [5, 5.41) is 9.60. The van der Waals surface area contributed by atoms with Gasteiger partial charge in [0, 0.05) is 20.5 Å². The van der Waals surface area contributed by atoms with E-state index in [1.807, 2.05) is 0 Å². The van der Waals surface area contributed by atoms with Crippen LogP contribution < -0.4 is 16.0 Å². The van der Waals surface area contributed by atoms with Crippen LogP contribution in [0.2, 0.25) is 0 Å². The number of methoxy groups -OCH3 is 1. The minimum absolute atomic E-state index is 0.0364. The molecule has 2 aromatic rings. The number of aromatic nitrogens is 2. The molecule has 1 atom stereocenters. The first kappa shape index (κ1) is 16.7. The van der Waals surface area contributed by atoms with Gasteiger partial charge in [0.15, 0.2) is 0 Å². The predicted octanol–water partition coefficient (Wildman–Crippen LogP) is 0.785. The summed E-state index contributed by atoms with van der Waals surface area (Å²) >= 11 is 0. The molecular weight excluding hydrogens is 326 g/mol. The molecule has 0 aliphatic carbocycles. The molecule has 0 spiro atoms. The average molecular weight is 343 g/mol. The lowest BCUT2D eigenvalue weighted by atomic mass is 9.89. The van der Waals surface area contributed by atoms with Crippen molar-refractivity contribution in [2.75, 3.05) is 7.11 Å². The van der Waals surface area contributed by atoms with Crippen LogP contribution in [0.3, 0.4) is 0 Å². The number of aliphatic carboxylic acids is 1. The Balaban J connectivity index is 2.26. The van der Waals surface area contributed by atoms with Gasteiger partial charge < -0.3 is 9.84 Å². The molecule has 1 aromatic heterocycles. The lowest BCUT2D eigenvalue weighted by molar-refractivity contribution is -0.138. The third-order valence-corrected chi connectivity index (χ3v) is 4.38. The van der Waals surface area contributed by atoms with E-state index in [0.717, 1.165) is 4.57 Å². The number of hydrogen-bond acceptors (Lipinski definition) is 5. The zero-order valence-electron chi connectivity index (χ0n) is 14.0. The van der Waals surface area contributed by atoms with E-state index >= 15 is 0 Å². The molecule has 130 valence electrons. The summed E-state index contributed by atoms with van der Waals surface area (Å²) in [6.07, 6.45) is 0.0715. The van der Waals surface area contributed by atoms with Gasteiger partial charge in [-0.2, -0.15) is 0 Å². The van der Waals surface area contributed by atoms with Crippen molar-refractivity contribution in [1.29, 1.82) is 0 Å². The quantitative estimate of drug-likeness (QED) is 0.887. The molecule has 8 nitrogen and oxygen atoms in total. The van der Waals surface area contributed by atoms with Crippen molar-refractivity contribution in [2.24, 2.45) is 19.1 Å². The Kier molecular flexibility index (Phi) is 4.03. The Morgan fingerprint density at radius 1 is 1.20 bits per heavy atom. The van der Waals surface area contributed by atoms with Crippen molar-refractivity contribution in [3.63, 3.8) is 0 Å². The molecule has 8 heteroatoms. The van der Waals surface area contributed by atoms with E-state index in [1.54, 1.807) is 31.4 Å². The zero-order chi connectivity index (χ0) is 18.3. The van der Waals surface area contributed by atoms with Crippen LogP contribution in [0.1, 0.15) is 23.5 Å². The van der Waals surface area contributed by atoms with Crippen LogP contribution in [-0.2, 0) is 18.9 Å². The molecule has 2 heterocycles. The molecule has 0 saturated heterocycles. The van der Waals surface area contributed by atoms with Crippen LogP contribution in [-0.4, -0.2) is 33.0 Å². The van der Waals surface area contributed by atoms with Gasteiger partial charge in [-0.25, -0.2) is 9.79 Å². The highest BCUT2D eigenvalue weighted by molar-refractivity contribution is 6.06.